The van der Waals surface area contributed by atoms with Gasteiger partial charge in [-0.1, -0.05) is 24.4 Å². The molecule has 0 unspecified atom stereocenters. The van der Waals surface area contributed by atoms with Crippen LogP contribution in [-0.4, -0.2) is 15.9 Å². The largest absolute Gasteiger partial charge is 0.439 e. The standard InChI is InChI=1S/C17H13N3O2S/c21-16(14-7-4-10-19-17(14)23)20-12-5-3-6-13(11-12)22-15-8-1-2-9-18-15/h1-11H,(H,19,23)(H,20,21). The second-order valence-electron chi connectivity index (χ2n) is 4.66. The Kier molecular flexibility index (Phi) is 4.44. The molecule has 0 aliphatic rings. The van der Waals surface area contributed by atoms with E-state index in [1.165, 1.54) is 0 Å². The number of carbonyl (C=O) groups is 1. The molecule has 0 aliphatic heterocycles. The summed E-state index contributed by atoms with van der Waals surface area (Å²) in [7, 11) is 0. The fourth-order valence-corrected chi connectivity index (χ4v) is 2.19. The number of pyridine rings is 2. The number of anilines is 1. The van der Waals surface area contributed by atoms with Crippen LogP contribution in [0, 0.1) is 4.64 Å². The number of hydrogen-bond donors (Lipinski definition) is 2. The zero-order valence-electron chi connectivity index (χ0n) is 12.0. The number of amides is 1. The Morgan fingerprint density at radius 2 is 2.04 bits per heavy atom. The normalized spacial score (nSPS) is 10.1. The van der Waals surface area contributed by atoms with Crippen LogP contribution in [0.5, 0.6) is 11.6 Å². The molecule has 3 aromatic rings. The molecular formula is C17H13N3O2S. The summed E-state index contributed by atoms with van der Waals surface area (Å²) in [6.45, 7) is 0. The fraction of sp³-hybridized carbons (Fsp3) is 0. The quantitative estimate of drug-likeness (QED) is 0.707. The van der Waals surface area contributed by atoms with Gasteiger partial charge in [0.1, 0.15) is 10.4 Å². The average molecular weight is 323 g/mol. The number of nitrogens with zero attached hydrogens (tertiary/aromatic N) is 1. The number of benzene rings is 1. The molecule has 2 aromatic heterocycles. The highest BCUT2D eigenvalue weighted by molar-refractivity contribution is 7.71. The van der Waals surface area contributed by atoms with Crippen molar-refractivity contribution in [2.45, 2.75) is 0 Å². The molecule has 0 aliphatic carbocycles. The summed E-state index contributed by atoms with van der Waals surface area (Å²) >= 11 is 5.11. The predicted octanol–water partition coefficient (Wildman–Crippen LogP) is 4.18. The van der Waals surface area contributed by atoms with Crippen molar-refractivity contribution in [1.82, 2.24) is 9.97 Å². The van der Waals surface area contributed by atoms with Crippen LogP contribution in [0.25, 0.3) is 0 Å². The summed E-state index contributed by atoms with van der Waals surface area (Å²) < 4.78 is 6.04. The van der Waals surface area contributed by atoms with E-state index in [2.05, 4.69) is 15.3 Å². The van der Waals surface area contributed by atoms with Crippen LogP contribution < -0.4 is 10.1 Å². The number of H-pyrrole nitrogens is 1. The fourth-order valence-electron chi connectivity index (χ4n) is 1.96. The molecule has 1 aromatic carbocycles. The lowest BCUT2D eigenvalue weighted by Crippen LogP contribution is -2.12. The minimum Gasteiger partial charge on any atom is -0.439 e. The smallest absolute Gasteiger partial charge is 0.258 e. The molecule has 0 bridgehead atoms. The van der Waals surface area contributed by atoms with Gasteiger partial charge < -0.3 is 15.0 Å². The minimum absolute atomic E-state index is 0.276. The number of aromatic amines is 1. The number of ether oxygens (including phenoxy) is 1. The summed E-state index contributed by atoms with van der Waals surface area (Å²) in [4.78, 5) is 19.2. The van der Waals surface area contributed by atoms with Gasteiger partial charge in [-0.3, -0.25) is 4.79 Å². The number of rotatable bonds is 4. The third-order valence-corrected chi connectivity index (χ3v) is 3.35. The van der Waals surface area contributed by atoms with E-state index in [-0.39, 0.29) is 5.91 Å². The summed E-state index contributed by atoms with van der Waals surface area (Å²) in [5.74, 6) is 0.794. The van der Waals surface area contributed by atoms with Crippen LogP contribution in [-0.2, 0) is 0 Å². The first kappa shape index (κ1) is 14.9. The van der Waals surface area contributed by atoms with Gasteiger partial charge in [-0.15, -0.1) is 0 Å². The monoisotopic (exact) mass is 323 g/mol. The van der Waals surface area contributed by atoms with Gasteiger partial charge >= 0.3 is 0 Å². The van der Waals surface area contributed by atoms with Crippen LogP contribution in [0.3, 0.4) is 0 Å². The van der Waals surface area contributed by atoms with Crippen molar-refractivity contribution in [2.24, 2.45) is 0 Å². The van der Waals surface area contributed by atoms with Crippen molar-refractivity contribution in [3.63, 3.8) is 0 Å². The molecule has 0 spiro atoms. The van der Waals surface area contributed by atoms with Gasteiger partial charge in [0.25, 0.3) is 5.91 Å². The zero-order chi connectivity index (χ0) is 16.1. The molecule has 2 heterocycles. The maximum Gasteiger partial charge on any atom is 0.258 e. The van der Waals surface area contributed by atoms with Crippen molar-refractivity contribution >= 4 is 23.8 Å². The van der Waals surface area contributed by atoms with Gasteiger partial charge in [0.2, 0.25) is 5.88 Å². The van der Waals surface area contributed by atoms with Gasteiger partial charge in [-0.2, -0.15) is 0 Å². The second kappa shape index (κ2) is 6.85. The van der Waals surface area contributed by atoms with Crippen LogP contribution >= 0.6 is 12.2 Å². The molecule has 6 heteroatoms. The molecule has 3 rings (SSSR count). The Balaban J connectivity index is 1.77. The van der Waals surface area contributed by atoms with Gasteiger partial charge in [-0.05, 0) is 30.3 Å². The molecule has 5 nitrogen and oxygen atoms in total. The van der Waals surface area contributed by atoms with Gasteiger partial charge in [-0.25, -0.2) is 4.98 Å². The van der Waals surface area contributed by atoms with Crippen LogP contribution in [0.1, 0.15) is 10.4 Å². The second-order valence-corrected chi connectivity index (χ2v) is 5.07. The third kappa shape index (κ3) is 3.81. The lowest BCUT2D eigenvalue weighted by Gasteiger charge is -2.08. The van der Waals surface area contributed by atoms with Crippen molar-refractivity contribution < 1.29 is 9.53 Å². The molecule has 2 N–H and O–H groups in total. The maximum atomic E-state index is 12.3. The van der Waals surface area contributed by atoms with E-state index in [9.17, 15) is 4.79 Å². The molecule has 114 valence electrons. The van der Waals surface area contributed by atoms with E-state index in [0.717, 1.165) is 0 Å². The van der Waals surface area contributed by atoms with Crippen LogP contribution in [0.2, 0.25) is 0 Å². The molecule has 0 saturated carbocycles. The molecule has 1 amide bonds. The van der Waals surface area contributed by atoms with Gasteiger partial charge in [0.15, 0.2) is 0 Å². The maximum absolute atomic E-state index is 12.3. The van der Waals surface area contributed by atoms with Crippen molar-refractivity contribution in [3.8, 4) is 11.6 Å². The number of carbonyl (C=O) groups excluding carboxylic acids is 1. The lowest BCUT2D eigenvalue weighted by atomic mass is 10.2. The summed E-state index contributed by atoms with van der Waals surface area (Å²) in [5, 5.41) is 2.80. The summed E-state index contributed by atoms with van der Waals surface area (Å²) in [6, 6.07) is 15.9. The summed E-state index contributed by atoms with van der Waals surface area (Å²) in [6.07, 6.45) is 3.33. The van der Waals surface area contributed by atoms with E-state index >= 15 is 0 Å². The third-order valence-electron chi connectivity index (χ3n) is 3.01. The zero-order valence-corrected chi connectivity index (χ0v) is 12.8. The molecule has 0 saturated heterocycles. The number of aromatic nitrogens is 2. The van der Waals surface area contributed by atoms with E-state index in [0.29, 0.717) is 27.5 Å². The molecular weight excluding hydrogens is 310 g/mol. The van der Waals surface area contributed by atoms with Crippen molar-refractivity contribution in [2.75, 3.05) is 5.32 Å². The predicted molar refractivity (Wildman–Crippen MR) is 90.3 cm³/mol. The highest BCUT2D eigenvalue weighted by Crippen LogP contribution is 2.22. The first-order valence-corrected chi connectivity index (χ1v) is 7.31. The Hall–Kier alpha value is -2.99. The summed E-state index contributed by atoms with van der Waals surface area (Å²) in [5.41, 5.74) is 1.03. The van der Waals surface area contributed by atoms with Crippen molar-refractivity contribution in [1.29, 1.82) is 0 Å². The Labute approximate surface area is 138 Å². The lowest BCUT2D eigenvalue weighted by molar-refractivity contribution is 0.102. The van der Waals surface area contributed by atoms with E-state index in [4.69, 9.17) is 17.0 Å². The number of nitrogens with one attached hydrogen (secondary N) is 2. The van der Waals surface area contributed by atoms with Gasteiger partial charge in [0, 0.05) is 30.2 Å². The van der Waals surface area contributed by atoms with Crippen molar-refractivity contribution in [3.05, 3.63) is 77.2 Å². The number of hydrogen-bond acceptors (Lipinski definition) is 4. The first-order chi connectivity index (χ1) is 11.2. The Bertz CT molecular complexity index is 878. The Morgan fingerprint density at radius 1 is 1.13 bits per heavy atom. The topological polar surface area (TPSA) is 67.0 Å². The molecule has 0 radical (unpaired) electrons. The molecule has 23 heavy (non-hydrogen) atoms. The average Bonchev–Trinajstić information content (AvgIpc) is 2.56. The Morgan fingerprint density at radius 3 is 2.83 bits per heavy atom. The van der Waals surface area contributed by atoms with E-state index in [1.807, 2.05) is 12.1 Å². The van der Waals surface area contributed by atoms with E-state index in [1.54, 1.807) is 54.9 Å². The van der Waals surface area contributed by atoms with E-state index < -0.39 is 0 Å². The van der Waals surface area contributed by atoms with Gasteiger partial charge in [0.05, 0.1) is 5.56 Å². The molecule has 0 fully saturated rings. The minimum atomic E-state index is -0.276. The van der Waals surface area contributed by atoms with Crippen LogP contribution in [0.15, 0.2) is 67.0 Å². The SMILES string of the molecule is O=C(Nc1cccc(Oc2ccccn2)c1)c1ccc[nH]c1=S. The highest BCUT2D eigenvalue weighted by Gasteiger charge is 2.08. The first-order valence-electron chi connectivity index (χ1n) is 6.90. The van der Waals surface area contributed by atoms with Crippen LogP contribution in [0.4, 0.5) is 5.69 Å². The molecule has 0 atom stereocenters. The highest BCUT2D eigenvalue weighted by atomic mass is 32.1.